The van der Waals surface area contributed by atoms with E-state index in [9.17, 15) is 19.8 Å². The SMILES string of the molecule is CCCCC/C=C/C=C/CCCCCCCCC(=O)OC(CCCCCCC/C=C/CCCCCCCC)CC(=O)NC(CO)C(O)CCCCCCCCCCCCCCCC. The number of carbonyl (C=O) groups excluding carboxylic acids is 2. The molecule has 1 amide bonds. The second kappa shape index (κ2) is 51.1. The van der Waals surface area contributed by atoms with Gasteiger partial charge < -0.3 is 20.3 Å². The van der Waals surface area contributed by atoms with Crippen molar-refractivity contribution in [3.8, 4) is 0 Å². The minimum atomic E-state index is -0.790. The van der Waals surface area contributed by atoms with Crippen LogP contribution in [0.4, 0.5) is 0 Å². The molecule has 0 aromatic carbocycles. The van der Waals surface area contributed by atoms with E-state index in [2.05, 4.69) is 62.5 Å². The Labute approximate surface area is 392 Å². The monoisotopic (exact) mass is 886 g/mol. The fourth-order valence-electron chi connectivity index (χ4n) is 8.48. The molecule has 3 atom stereocenters. The van der Waals surface area contributed by atoms with Gasteiger partial charge >= 0.3 is 5.97 Å². The molecule has 0 aromatic rings. The second-order valence-electron chi connectivity index (χ2n) is 19.0. The Kier molecular flexibility index (Phi) is 49.5. The van der Waals surface area contributed by atoms with Gasteiger partial charge in [-0.25, -0.2) is 0 Å². The summed E-state index contributed by atoms with van der Waals surface area (Å²) >= 11 is 0. The Hall–Kier alpha value is -1.92. The Morgan fingerprint density at radius 2 is 0.810 bits per heavy atom. The molecule has 0 saturated carbocycles. The van der Waals surface area contributed by atoms with E-state index in [0.29, 0.717) is 19.3 Å². The Morgan fingerprint density at radius 1 is 0.460 bits per heavy atom. The van der Waals surface area contributed by atoms with Gasteiger partial charge in [-0.2, -0.15) is 0 Å². The maximum atomic E-state index is 13.2. The lowest BCUT2D eigenvalue weighted by atomic mass is 10.0. The highest BCUT2D eigenvalue weighted by Gasteiger charge is 2.24. The molecule has 370 valence electrons. The average Bonchev–Trinajstić information content (AvgIpc) is 3.28. The minimum Gasteiger partial charge on any atom is -0.462 e. The van der Waals surface area contributed by atoms with Gasteiger partial charge in [-0.3, -0.25) is 9.59 Å². The van der Waals surface area contributed by atoms with Crippen molar-refractivity contribution < 1.29 is 24.5 Å². The van der Waals surface area contributed by atoms with Gasteiger partial charge in [0.1, 0.15) is 6.10 Å². The number of rotatable bonds is 50. The Morgan fingerprint density at radius 3 is 1.25 bits per heavy atom. The summed E-state index contributed by atoms with van der Waals surface area (Å²) in [5.74, 6) is -0.484. The zero-order valence-electron chi connectivity index (χ0n) is 42.2. The number of ether oxygens (including phenoxy) is 1. The van der Waals surface area contributed by atoms with E-state index in [1.165, 1.54) is 180 Å². The first kappa shape index (κ1) is 61.1. The molecule has 0 spiro atoms. The molecule has 0 heterocycles. The average molecular weight is 886 g/mol. The summed E-state index contributed by atoms with van der Waals surface area (Å²) in [5.41, 5.74) is 0. The number of aliphatic hydroxyl groups excluding tert-OH is 2. The number of carbonyl (C=O) groups is 2. The van der Waals surface area contributed by atoms with Crippen molar-refractivity contribution >= 4 is 11.9 Å². The van der Waals surface area contributed by atoms with Crippen molar-refractivity contribution in [2.75, 3.05) is 6.61 Å². The molecule has 0 aliphatic carbocycles. The standard InChI is InChI=1S/C57H107NO5/c1-4-7-10-13-16-19-22-25-28-30-33-36-39-42-45-48-53(63-57(62)50-47-44-41-38-35-32-29-26-23-20-17-14-11-8-5-2)51-56(61)58-54(52-59)55(60)49-46-43-40-37-34-31-27-24-21-18-15-12-9-6-3/h17,20,23,25-26,28,53-55,59-60H,4-16,18-19,21-22,24,27,29-52H2,1-3H3,(H,58,61)/b20-17+,26-23+,28-25+. The molecule has 0 rings (SSSR count). The summed E-state index contributed by atoms with van der Waals surface area (Å²) in [6.07, 6.45) is 60.6. The maximum absolute atomic E-state index is 13.2. The number of aliphatic hydroxyl groups is 2. The van der Waals surface area contributed by atoms with Crippen LogP contribution >= 0.6 is 0 Å². The lowest BCUT2D eigenvalue weighted by Gasteiger charge is -2.24. The van der Waals surface area contributed by atoms with E-state index < -0.39 is 18.2 Å². The van der Waals surface area contributed by atoms with E-state index >= 15 is 0 Å². The lowest BCUT2D eigenvalue weighted by molar-refractivity contribution is -0.151. The summed E-state index contributed by atoms with van der Waals surface area (Å²) in [7, 11) is 0. The van der Waals surface area contributed by atoms with Gasteiger partial charge in [0.15, 0.2) is 0 Å². The molecular weight excluding hydrogens is 779 g/mol. The number of hydrogen-bond donors (Lipinski definition) is 3. The largest absolute Gasteiger partial charge is 0.462 e. The van der Waals surface area contributed by atoms with Crippen LogP contribution in [0.2, 0.25) is 0 Å². The minimum absolute atomic E-state index is 0.0698. The van der Waals surface area contributed by atoms with Crippen molar-refractivity contribution in [1.82, 2.24) is 5.32 Å². The lowest BCUT2D eigenvalue weighted by Crippen LogP contribution is -2.46. The fraction of sp³-hybridized carbons (Fsp3) is 0.860. The topological polar surface area (TPSA) is 95.9 Å². The molecule has 0 aromatic heterocycles. The fourth-order valence-corrected chi connectivity index (χ4v) is 8.48. The molecule has 0 aliphatic rings. The van der Waals surface area contributed by atoms with Gasteiger partial charge in [0.05, 0.1) is 25.2 Å². The highest BCUT2D eigenvalue weighted by Crippen LogP contribution is 2.18. The number of amides is 1. The predicted molar refractivity (Wildman–Crippen MR) is 273 cm³/mol. The molecular formula is C57H107NO5. The van der Waals surface area contributed by atoms with Gasteiger partial charge in [-0.15, -0.1) is 0 Å². The van der Waals surface area contributed by atoms with Crippen LogP contribution in [0.3, 0.4) is 0 Å². The van der Waals surface area contributed by atoms with Gasteiger partial charge in [-0.1, -0.05) is 237 Å². The van der Waals surface area contributed by atoms with Crippen LogP contribution in [0.15, 0.2) is 36.5 Å². The predicted octanol–water partition coefficient (Wildman–Crippen LogP) is 16.8. The van der Waals surface area contributed by atoms with Crippen molar-refractivity contribution in [1.29, 1.82) is 0 Å². The second-order valence-corrected chi connectivity index (χ2v) is 19.0. The number of allylic oxidation sites excluding steroid dienone is 6. The van der Waals surface area contributed by atoms with E-state index in [1.807, 2.05) is 0 Å². The summed E-state index contributed by atoms with van der Waals surface area (Å²) in [5, 5.41) is 23.8. The molecule has 6 nitrogen and oxygen atoms in total. The first-order valence-electron chi connectivity index (χ1n) is 27.7. The molecule has 6 heteroatoms. The van der Waals surface area contributed by atoms with Crippen molar-refractivity contribution in [2.24, 2.45) is 0 Å². The zero-order chi connectivity index (χ0) is 45.9. The van der Waals surface area contributed by atoms with E-state index in [-0.39, 0.29) is 24.9 Å². The third-order valence-corrected chi connectivity index (χ3v) is 12.7. The van der Waals surface area contributed by atoms with Gasteiger partial charge in [0.2, 0.25) is 5.91 Å². The van der Waals surface area contributed by atoms with Crippen molar-refractivity contribution in [3.05, 3.63) is 36.5 Å². The van der Waals surface area contributed by atoms with E-state index in [4.69, 9.17) is 4.74 Å². The Bertz CT molecular complexity index is 1040. The molecule has 3 unspecified atom stereocenters. The molecule has 0 fully saturated rings. The zero-order valence-corrected chi connectivity index (χ0v) is 42.2. The molecule has 0 saturated heterocycles. The van der Waals surface area contributed by atoms with Crippen LogP contribution < -0.4 is 5.32 Å². The first-order chi connectivity index (χ1) is 31.0. The van der Waals surface area contributed by atoms with Crippen molar-refractivity contribution in [3.63, 3.8) is 0 Å². The normalized spacial score (nSPS) is 13.4. The van der Waals surface area contributed by atoms with E-state index in [1.54, 1.807) is 0 Å². The maximum Gasteiger partial charge on any atom is 0.306 e. The highest BCUT2D eigenvalue weighted by atomic mass is 16.5. The van der Waals surface area contributed by atoms with Gasteiger partial charge in [-0.05, 0) is 77.0 Å². The summed E-state index contributed by atoms with van der Waals surface area (Å²) in [6, 6.07) is -0.705. The smallest absolute Gasteiger partial charge is 0.306 e. The van der Waals surface area contributed by atoms with Crippen molar-refractivity contribution in [2.45, 2.75) is 309 Å². The number of unbranched alkanes of at least 4 members (excludes halogenated alkanes) is 33. The summed E-state index contributed by atoms with van der Waals surface area (Å²) in [6.45, 7) is 6.47. The number of nitrogens with one attached hydrogen (secondary N) is 1. The quantitative estimate of drug-likeness (QED) is 0.0245. The van der Waals surface area contributed by atoms with Crippen LogP contribution in [-0.4, -0.2) is 46.9 Å². The van der Waals surface area contributed by atoms with Crippen LogP contribution in [0.1, 0.15) is 290 Å². The molecule has 0 aliphatic heterocycles. The van der Waals surface area contributed by atoms with Crippen LogP contribution in [0.5, 0.6) is 0 Å². The Balaban J connectivity index is 4.58. The molecule has 0 radical (unpaired) electrons. The van der Waals surface area contributed by atoms with Crippen LogP contribution in [-0.2, 0) is 14.3 Å². The molecule has 63 heavy (non-hydrogen) atoms. The van der Waals surface area contributed by atoms with Gasteiger partial charge in [0, 0.05) is 6.42 Å². The van der Waals surface area contributed by atoms with Crippen LogP contribution in [0.25, 0.3) is 0 Å². The number of esters is 1. The van der Waals surface area contributed by atoms with E-state index in [0.717, 1.165) is 64.2 Å². The third kappa shape index (κ3) is 46.4. The molecule has 0 bridgehead atoms. The summed E-state index contributed by atoms with van der Waals surface area (Å²) < 4.78 is 5.94. The first-order valence-corrected chi connectivity index (χ1v) is 27.7. The third-order valence-electron chi connectivity index (χ3n) is 12.7. The van der Waals surface area contributed by atoms with Crippen LogP contribution in [0, 0.1) is 0 Å². The summed E-state index contributed by atoms with van der Waals surface area (Å²) in [4.78, 5) is 26.2. The number of hydrogen-bond acceptors (Lipinski definition) is 5. The highest BCUT2D eigenvalue weighted by molar-refractivity contribution is 5.77. The van der Waals surface area contributed by atoms with Gasteiger partial charge in [0.25, 0.3) is 0 Å². The molecule has 3 N–H and O–H groups in total.